The number of nitrogens with one attached hydrogen (secondary N) is 1. The van der Waals surface area contributed by atoms with Gasteiger partial charge in [-0.1, -0.05) is 0 Å². The van der Waals surface area contributed by atoms with Crippen LogP contribution in [0, 0.1) is 34.9 Å². The molecule has 4 rings (SSSR count). The Morgan fingerprint density at radius 1 is 1.03 bits per heavy atom. The number of halogens is 6. The Morgan fingerprint density at radius 3 is 2.31 bits per heavy atom. The Kier molecular flexibility index (Phi) is 5.79. The van der Waals surface area contributed by atoms with Crippen molar-refractivity contribution in [2.45, 2.75) is 31.5 Å². The van der Waals surface area contributed by atoms with Gasteiger partial charge in [-0.05, 0) is 0 Å². The first-order valence-corrected chi connectivity index (χ1v) is 10.2. The van der Waals surface area contributed by atoms with E-state index in [-0.39, 0.29) is 6.42 Å². The smallest absolute Gasteiger partial charge is 0.349 e. The molecule has 0 bridgehead atoms. The highest BCUT2D eigenvalue weighted by atomic mass is 31.2. The van der Waals surface area contributed by atoms with E-state index in [4.69, 9.17) is 18.3 Å². The first kappa shape index (κ1) is 22.7. The Balaban J connectivity index is 1.49. The molecular formula is C16H11F6N2O7P. The van der Waals surface area contributed by atoms with Gasteiger partial charge in [0.25, 0.3) is 5.56 Å². The molecule has 2 saturated heterocycles. The summed E-state index contributed by atoms with van der Waals surface area (Å²) < 4.78 is 114. The van der Waals surface area contributed by atoms with Crippen LogP contribution in [0.3, 0.4) is 0 Å². The second kappa shape index (κ2) is 8.15. The molecule has 16 heteroatoms. The Labute approximate surface area is 173 Å². The highest BCUT2D eigenvalue weighted by Crippen LogP contribution is 2.57. The summed E-state index contributed by atoms with van der Waals surface area (Å²) in [5.41, 5.74) is -3.62. The van der Waals surface area contributed by atoms with E-state index < -0.39 is 91.2 Å². The van der Waals surface area contributed by atoms with Crippen molar-refractivity contribution < 1.29 is 49.2 Å². The molecule has 2 aliphatic rings. The van der Waals surface area contributed by atoms with Crippen molar-refractivity contribution in [3.8, 4) is 0 Å². The van der Waals surface area contributed by atoms with Crippen LogP contribution < -0.4 is 11.2 Å². The molecule has 1 unspecified atom stereocenters. The summed E-state index contributed by atoms with van der Waals surface area (Å²) in [5.74, 6) is -12.4. The number of fused-ring (bicyclic) bond motifs is 1. The van der Waals surface area contributed by atoms with Gasteiger partial charge in [-0.3, -0.25) is 27.9 Å². The standard InChI is InChI=1S/C16H11F6N2O7P/c17-6-2-24(16(26)23-15(6)25)9-1-7-8(30-9)4-29-32(27,31-7)28-3-5-10(18)12(20)14(22)13(21)11(5)19/h2,7-9H,1,3-4H2,(H,23,25,26)/t7-,8+,9+,32?/m0/s1. The summed E-state index contributed by atoms with van der Waals surface area (Å²) in [6.07, 6.45) is -2.76. The quantitative estimate of drug-likeness (QED) is 0.305. The first-order valence-electron chi connectivity index (χ1n) is 8.75. The van der Waals surface area contributed by atoms with Crippen molar-refractivity contribution >= 4 is 7.82 Å². The van der Waals surface area contributed by atoms with Gasteiger partial charge in [-0.15, -0.1) is 0 Å². The van der Waals surface area contributed by atoms with Crippen LogP contribution in [0.4, 0.5) is 26.3 Å². The zero-order chi connectivity index (χ0) is 23.4. The van der Waals surface area contributed by atoms with Crippen molar-refractivity contribution in [2.75, 3.05) is 6.61 Å². The van der Waals surface area contributed by atoms with Crippen LogP contribution >= 0.6 is 7.82 Å². The van der Waals surface area contributed by atoms with Gasteiger partial charge >= 0.3 is 13.5 Å². The van der Waals surface area contributed by atoms with Gasteiger partial charge in [0.2, 0.25) is 11.6 Å². The van der Waals surface area contributed by atoms with Crippen molar-refractivity contribution in [3.05, 3.63) is 67.5 Å². The number of ether oxygens (including phenoxy) is 1. The fraction of sp³-hybridized carbons (Fsp3) is 0.375. The van der Waals surface area contributed by atoms with E-state index in [1.54, 1.807) is 4.98 Å². The number of hydrogen-bond acceptors (Lipinski definition) is 7. The van der Waals surface area contributed by atoms with Gasteiger partial charge in [-0.25, -0.2) is 31.3 Å². The third kappa shape index (κ3) is 3.90. The van der Waals surface area contributed by atoms with Gasteiger partial charge < -0.3 is 4.74 Å². The number of hydrogen-bond donors (Lipinski definition) is 1. The van der Waals surface area contributed by atoms with Crippen LogP contribution in [0.15, 0.2) is 15.8 Å². The zero-order valence-electron chi connectivity index (χ0n) is 15.5. The molecular weight excluding hydrogens is 477 g/mol. The maximum Gasteiger partial charge on any atom is 0.475 e. The lowest BCUT2D eigenvalue weighted by Gasteiger charge is -2.29. The van der Waals surface area contributed by atoms with Crippen LogP contribution in [0.1, 0.15) is 18.2 Å². The molecule has 9 nitrogen and oxygen atoms in total. The van der Waals surface area contributed by atoms with Crippen LogP contribution in [-0.4, -0.2) is 28.4 Å². The van der Waals surface area contributed by atoms with Gasteiger partial charge in [0.05, 0.1) is 25.0 Å². The average Bonchev–Trinajstić information content (AvgIpc) is 3.15. The average molecular weight is 488 g/mol. The van der Waals surface area contributed by atoms with Gasteiger partial charge in [-0.2, -0.15) is 4.39 Å². The number of nitrogens with zero attached hydrogens (tertiary/aromatic N) is 1. The minimum atomic E-state index is -4.55. The predicted octanol–water partition coefficient (Wildman–Crippen LogP) is 2.40. The number of rotatable bonds is 4. The van der Waals surface area contributed by atoms with Crippen molar-refractivity contribution in [1.82, 2.24) is 9.55 Å². The number of phosphoric acid groups is 1. The number of H-pyrrole nitrogens is 1. The molecule has 0 amide bonds. The van der Waals surface area contributed by atoms with Crippen molar-refractivity contribution in [3.63, 3.8) is 0 Å². The van der Waals surface area contributed by atoms with Gasteiger partial charge in [0.1, 0.15) is 18.4 Å². The van der Waals surface area contributed by atoms with E-state index in [1.165, 1.54) is 0 Å². The van der Waals surface area contributed by atoms with Crippen LogP contribution in [-0.2, 0) is 29.5 Å². The minimum Gasteiger partial charge on any atom is -0.349 e. The summed E-state index contributed by atoms with van der Waals surface area (Å²) in [5, 5.41) is 0. The number of aromatic amines is 1. The van der Waals surface area contributed by atoms with E-state index in [1.807, 2.05) is 0 Å². The lowest BCUT2D eigenvalue weighted by atomic mass is 10.2. The predicted molar refractivity (Wildman–Crippen MR) is 89.3 cm³/mol. The highest BCUT2D eigenvalue weighted by Gasteiger charge is 2.48. The second-order valence-corrected chi connectivity index (χ2v) is 8.34. The molecule has 3 heterocycles. The number of phosphoric ester groups is 1. The normalized spacial score (nSPS) is 27.5. The number of benzene rings is 1. The molecule has 2 fully saturated rings. The lowest BCUT2D eigenvalue weighted by molar-refractivity contribution is -0.0733. The molecule has 1 aromatic heterocycles. The van der Waals surface area contributed by atoms with Crippen LogP contribution in [0.25, 0.3) is 0 Å². The largest absolute Gasteiger partial charge is 0.475 e. The minimum absolute atomic E-state index is 0.199. The number of aromatic nitrogens is 2. The Morgan fingerprint density at radius 2 is 1.66 bits per heavy atom. The molecule has 0 saturated carbocycles. The topological polar surface area (TPSA) is 109 Å². The van der Waals surface area contributed by atoms with Crippen LogP contribution in [0.2, 0.25) is 0 Å². The molecule has 2 aliphatic heterocycles. The van der Waals surface area contributed by atoms with E-state index in [9.17, 15) is 40.5 Å². The monoisotopic (exact) mass is 488 g/mol. The Bertz CT molecular complexity index is 1220. The SMILES string of the molecule is O=c1[nH]c(=O)n([C@H]2C[C@@H]3OP(=O)(OCc4c(F)c(F)c(F)c(F)c4F)OC[C@H]3O2)cc1F. The first-order chi connectivity index (χ1) is 15.0. The molecule has 0 spiro atoms. The third-order valence-electron chi connectivity index (χ3n) is 4.74. The molecule has 32 heavy (non-hydrogen) atoms. The molecule has 0 aliphatic carbocycles. The summed E-state index contributed by atoms with van der Waals surface area (Å²) in [4.78, 5) is 24.7. The van der Waals surface area contributed by atoms with E-state index in [2.05, 4.69) is 0 Å². The van der Waals surface area contributed by atoms with Gasteiger partial charge in [0.15, 0.2) is 23.3 Å². The molecule has 0 radical (unpaired) electrons. The molecule has 1 N–H and O–H groups in total. The fourth-order valence-electron chi connectivity index (χ4n) is 3.16. The fourth-order valence-corrected chi connectivity index (χ4v) is 4.52. The lowest BCUT2D eigenvalue weighted by Crippen LogP contribution is -2.34. The highest BCUT2D eigenvalue weighted by molar-refractivity contribution is 7.48. The maximum atomic E-state index is 13.8. The van der Waals surface area contributed by atoms with E-state index in [0.717, 1.165) is 4.57 Å². The van der Waals surface area contributed by atoms with E-state index in [0.29, 0.717) is 6.20 Å². The van der Waals surface area contributed by atoms with E-state index >= 15 is 0 Å². The maximum absolute atomic E-state index is 13.8. The summed E-state index contributed by atoms with van der Waals surface area (Å²) in [7, 11) is -4.55. The van der Waals surface area contributed by atoms with Gasteiger partial charge in [0, 0.05) is 6.42 Å². The zero-order valence-corrected chi connectivity index (χ0v) is 16.3. The van der Waals surface area contributed by atoms with Crippen molar-refractivity contribution in [1.29, 1.82) is 0 Å². The summed E-state index contributed by atoms with van der Waals surface area (Å²) in [6.45, 7) is -1.80. The third-order valence-corrected chi connectivity index (χ3v) is 6.18. The summed E-state index contributed by atoms with van der Waals surface area (Å²) in [6, 6.07) is 0. The Hall–Kier alpha value is -2.45. The van der Waals surface area contributed by atoms with Crippen molar-refractivity contribution in [2.24, 2.45) is 0 Å². The molecule has 174 valence electrons. The molecule has 1 aromatic carbocycles. The van der Waals surface area contributed by atoms with Crippen LogP contribution in [0.5, 0.6) is 0 Å². The second-order valence-electron chi connectivity index (χ2n) is 6.72. The molecule has 2 aromatic rings. The molecule has 4 atom stereocenters. The summed E-state index contributed by atoms with van der Waals surface area (Å²) >= 11 is 0.